The first-order chi connectivity index (χ1) is 14.9. The molecule has 0 spiro atoms. The van der Waals surface area contributed by atoms with Gasteiger partial charge in [0.05, 0.1) is 24.7 Å². The van der Waals surface area contributed by atoms with Gasteiger partial charge in [-0.15, -0.1) is 0 Å². The van der Waals surface area contributed by atoms with E-state index in [2.05, 4.69) is 5.32 Å². The minimum atomic E-state index is -0.682. The van der Waals surface area contributed by atoms with E-state index in [1.165, 1.54) is 30.3 Å². The van der Waals surface area contributed by atoms with Crippen molar-refractivity contribution >= 4 is 29.4 Å². The van der Waals surface area contributed by atoms with Crippen LogP contribution in [0, 0.1) is 15.9 Å². The van der Waals surface area contributed by atoms with Gasteiger partial charge in [-0.3, -0.25) is 19.8 Å². The number of nitro benzene ring substituents is 1. The maximum absolute atomic E-state index is 13.9. The predicted octanol–water partition coefficient (Wildman–Crippen LogP) is 2.66. The Balaban J connectivity index is 1.58. The van der Waals surface area contributed by atoms with Crippen LogP contribution in [0.3, 0.4) is 0 Å². The van der Waals surface area contributed by atoms with Gasteiger partial charge >= 0.3 is 6.03 Å². The van der Waals surface area contributed by atoms with Crippen molar-refractivity contribution in [2.24, 2.45) is 0 Å². The summed E-state index contributed by atoms with van der Waals surface area (Å²) in [5, 5.41) is 14.1. The molecule has 0 unspecified atom stereocenters. The predicted molar refractivity (Wildman–Crippen MR) is 110 cm³/mol. The third-order valence-corrected chi connectivity index (χ3v) is 5.11. The number of rotatable bonds is 5. The van der Waals surface area contributed by atoms with Crippen molar-refractivity contribution in [3.8, 4) is 0 Å². The smallest absolute Gasteiger partial charge is 0.329 e. The molecular weight excluding hydrogens is 407 g/mol. The molecule has 2 saturated heterocycles. The number of nitro groups is 1. The Morgan fingerprint density at radius 3 is 2.61 bits per heavy atom. The molecule has 2 aromatic rings. The Labute approximate surface area is 176 Å². The number of halogens is 1. The number of ether oxygens (including phenoxy) is 1. The molecule has 10 heteroatoms. The number of anilines is 1. The number of imide groups is 1. The molecule has 1 N–H and O–H groups in total. The molecule has 0 atom stereocenters. The average molecular weight is 426 g/mol. The summed E-state index contributed by atoms with van der Waals surface area (Å²) in [4.78, 5) is 38.8. The Morgan fingerprint density at radius 1 is 1.16 bits per heavy atom. The molecule has 3 amide bonds. The molecule has 0 saturated carbocycles. The summed E-state index contributed by atoms with van der Waals surface area (Å²) in [7, 11) is 0. The maximum Gasteiger partial charge on any atom is 0.329 e. The SMILES string of the molecule is O=C1NC(=Cc2ccc(N3CCOCC3)c([N+](=O)[O-])c2)C(=O)N1Cc1ccccc1F. The molecule has 2 aliphatic rings. The van der Waals surface area contributed by atoms with E-state index in [9.17, 15) is 24.1 Å². The number of amides is 3. The van der Waals surface area contributed by atoms with Crippen LogP contribution >= 0.6 is 0 Å². The highest BCUT2D eigenvalue weighted by Gasteiger charge is 2.34. The quantitative estimate of drug-likeness (QED) is 0.341. The van der Waals surface area contributed by atoms with Gasteiger partial charge in [-0.05, 0) is 23.8 Å². The summed E-state index contributed by atoms with van der Waals surface area (Å²) in [6.45, 7) is 1.84. The van der Waals surface area contributed by atoms with Crippen molar-refractivity contribution < 1.29 is 23.6 Å². The number of benzene rings is 2. The molecule has 0 radical (unpaired) electrons. The molecule has 4 rings (SSSR count). The van der Waals surface area contributed by atoms with Gasteiger partial charge in [-0.1, -0.05) is 24.3 Å². The van der Waals surface area contributed by atoms with Crippen molar-refractivity contribution in [3.63, 3.8) is 0 Å². The lowest BCUT2D eigenvalue weighted by molar-refractivity contribution is -0.384. The summed E-state index contributed by atoms with van der Waals surface area (Å²) in [5.74, 6) is -1.15. The zero-order chi connectivity index (χ0) is 22.0. The number of carbonyl (C=O) groups excluding carboxylic acids is 2. The lowest BCUT2D eigenvalue weighted by atomic mass is 10.1. The number of hydrogen-bond donors (Lipinski definition) is 1. The van der Waals surface area contributed by atoms with Crippen LogP contribution in [-0.4, -0.2) is 48.1 Å². The van der Waals surface area contributed by atoms with E-state index in [1.807, 2.05) is 4.90 Å². The van der Waals surface area contributed by atoms with E-state index in [-0.39, 0.29) is 23.5 Å². The number of urea groups is 1. The van der Waals surface area contributed by atoms with Crippen LogP contribution in [0.15, 0.2) is 48.2 Å². The Hall–Kier alpha value is -3.79. The summed E-state index contributed by atoms with van der Waals surface area (Å²) in [6.07, 6.45) is 1.37. The molecule has 0 aliphatic carbocycles. The second kappa shape index (κ2) is 8.52. The second-order valence-corrected chi connectivity index (χ2v) is 7.08. The fourth-order valence-corrected chi connectivity index (χ4v) is 3.53. The molecule has 0 aromatic heterocycles. The number of nitrogens with one attached hydrogen (secondary N) is 1. The fraction of sp³-hybridized carbons (Fsp3) is 0.238. The standard InChI is InChI=1S/C21H19FN4O5/c22-16-4-2-1-3-15(16)13-25-20(27)17(23-21(25)28)11-14-5-6-18(19(12-14)26(29)30)24-7-9-31-10-8-24/h1-6,11-12H,7-10,13H2,(H,23,28). The van der Waals surface area contributed by atoms with Gasteiger partial charge in [-0.25, -0.2) is 9.18 Å². The van der Waals surface area contributed by atoms with Gasteiger partial charge < -0.3 is 15.0 Å². The monoisotopic (exact) mass is 426 g/mol. The Morgan fingerprint density at radius 2 is 1.90 bits per heavy atom. The van der Waals surface area contributed by atoms with Crippen LogP contribution < -0.4 is 10.2 Å². The maximum atomic E-state index is 13.9. The molecule has 160 valence electrons. The van der Waals surface area contributed by atoms with Crippen LogP contribution in [0.1, 0.15) is 11.1 Å². The van der Waals surface area contributed by atoms with E-state index >= 15 is 0 Å². The first-order valence-corrected chi connectivity index (χ1v) is 9.63. The van der Waals surface area contributed by atoms with E-state index in [4.69, 9.17) is 4.74 Å². The van der Waals surface area contributed by atoms with Crippen molar-refractivity contribution in [3.05, 3.63) is 75.2 Å². The summed E-state index contributed by atoms with van der Waals surface area (Å²) in [5.41, 5.74) is 0.933. The molecule has 2 aromatic carbocycles. The highest BCUT2D eigenvalue weighted by atomic mass is 19.1. The van der Waals surface area contributed by atoms with Gasteiger partial charge in [0.25, 0.3) is 11.6 Å². The van der Waals surface area contributed by atoms with E-state index in [0.29, 0.717) is 37.6 Å². The first kappa shape index (κ1) is 20.5. The minimum Gasteiger partial charge on any atom is -0.378 e. The summed E-state index contributed by atoms with van der Waals surface area (Å²) in [6, 6.07) is 9.81. The third-order valence-electron chi connectivity index (χ3n) is 5.11. The lowest BCUT2D eigenvalue weighted by Gasteiger charge is -2.28. The zero-order valence-corrected chi connectivity index (χ0v) is 16.4. The van der Waals surface area contributed by atoms with Crippen molar-refractivity contribution in [2.45, 2.75) is 6.54 Å². The molecule has 9 nitrogen and oxygen atoms in total. The van der Waals surface area contributed by atoms with E-state index in [0.717, 1.165) is 4.90 Å². The molecular formula is C21H19FN4O5. The van der Waals surface area contributed by atoms with Crippen LogP contribution in [0.2, 0.25) is 0 Å². The Bertz CT molecular complexity index is 1080. The largest absolute Gasteiger partial charge is 0.378 e. The number of hydrogen-bond acceptors (Lipinski definition) is 6. The summed E-state index contributed by atoms with van der Waals surface area (Å²) >= 11 is 0. The normalized spacial score (nSPS) is 17.9. The van der Waals surface area contributed by atoms with Crippen LogP contribution in [0.5, 0.6) is 0 Å². The van der Waals surface area contributed by atoms with E-state index in [1.54, 1.807) is 18.2 Å². The molecule has 2 aliphatic heterocycles. The number of morpholine rings is 1. The highest BCUT2D eigenvalue weighted by Crippen LogP contribution is 2.31. The van der Waals surface area contributed by atoms with E-state index < -0.39 is 22.7 Å². The van der Waals surface area contributed by atoms with Crippen molar-refractivity contribution in [1.82, 2.24) is 10.2 Å². The van der Waals surface area contributed by atoms with Crippen molar-refractivity contribution in [2.75, 3.05) is 31.2 Å². The number of carbonyl (C=O) groups is 2. The second-order valence-electron chi connectivity index (χ2n) is 7.08. The molecule has 0 bridgehead atoms. The Kier molecular flexibility index (Phi) is 5.63. The lowest BCUT2D eigenvalue weighted by Crippen LogP contribution is -2.36. The van der Waals surface area contributed by atoms with Crippen molar-refractivity contribution in [1.29, 1.82) is 0 Å². The third kappa shape index (κ3) is 4.24. The average Bonchev–Trinajstić information content (AvgIpc) is 3.03. The minimum absolute atomic E-state index is 0.0326. The van der Waals surface area contributed by atoms with Gasteiger partial charge in [0.1, 0.15) is 17.2 Å². The molecule has 2 heterocycles. The van der Waals surface area contributed by atoms with Gasteiger partial charge in [0.15, 0.2) is 0 Å². The fourth-order valence-electron chi connectivity index (χ4n) is 3.53. The molecule has 2 fully saturated rings. The first-order valence-electron chi connectivity index (χ1n) is 9.63. The van der Waals surface area contributed by atoms with Gasteiger partial charge in [0.2, 0.25) is 0 Å². The van der Waals surface area contributed by atoms with Crippen LogP contribution in [0.4, 0.5) is 20.6 Å². The van der Waals surface area contributed by atoms with Crippen LogP contribution in [-0.2, 0) is 16.1 Å². The topological polar surface area (TPSA) is 105 Å². The highest BCUT2D eigenvalue weighted by molar-refractivity contribution is 6.13. The molecule has 31 heavy (non-hydrogen) atoms. The van der Waals surface area contributed by atoms with Crippen LogP contribution in [0.25, 0.3) is 6.08 Å². The van der Waals surface area contributed by atoms with Gasteiger partial charge in [0, 0.05) is 24.7 Å². The number of nitrogens with zero attached hydrogens (tertiary/aromatic N) is 3. The zero-order valence-electron chi connectivity index (χ0n) is 16.4. The summed E-state index contributed by atoms with van der Waals surface area (Å²) < 4.78 is 19.2. The van der Waals surface area contributed by atoms with Gasteiger partial charge in [-0.2, -0.15) is 0 Å².